The average Bonchev–Trinajstić information content (AvgIpc) is 3.01. The average molecular weight is 357 g/mol. The number of benzene rings is 3. The number of aryl methyl sites for hydroxylation is 1. The normalized spacial score (nSPS) is 12.2. The van der Waals surface area contributed by atoms with Crippen molar-refractivity contribution in [3.63, 3.8) is 0 Å². The summed E-state index contributed by atoms with van der Waals surface area (Å²) in [4.78, 5) is 12.4. The minimum absolute atomic E-state index is 0.0584. The zero-order valence-corrected chi connectivity index (χ0v) is 15.6. The number of aromatic nitrogens is 1. The molecule has 4 aromatic rings. The lowest BCUT2D eigenvalue weighted by Crippen LogP contribution is -2.31. The number of urea groups is 1. The highest BCUT2D eigenvalue weighted by Gasteiger charge is 2.12. The first kappa shape index (κ1) is 17.2. The molecule has 4 rings (SSSR count). The summed E-state index contributed by atoms with van der Waals surface area (Å²) in [6.07, 6.45) is 0. The maximum absolute atomic E-state index is 12.4. The number of nitrogens with one attached hydrogen (secondary N) is 2. The molecule has 1 unspecified atom stereocenters. The van der Waals surface area contributed by atoms with Gasteiger partial charge in [0.1, 0.15) is 0 Å². The number of amides is 2. The van der Waals surface area contributed by atoms with Gasteiger partial charge in [0, 0.05) is 34.0 Å². The molecule has 0 saturated heterocycles. The number of para-hydroxylation sites is 1. The van der Waals surface area contributed by atoms with Gasteiger partial charge in [0.25, 0.3) is 0 Å². The molecule has 1 aromatic heterocycles. The minimum Gasteiger partial charge on any atom is -0.341 e. The summed E-state index contributed by atoms with van der Waals surface area (Å²) in [7, 11) is 0. The summed E-state index contributed by atoms with van der Waals surface area (Å²) in [5.41, 5.74) is 4.27. The number of rotatable bonds is 4. The molecule has 0 radical (unpaired) electrons. The van der Waals surface area contributed by atoms with Crippen molar-refractivity contribution in [3.8, 4) is 0 Å². The third-order valence-electron chi connectivity index (χ3n) is 4.99. The van der Waals surface area contributed by atoms with Gasteiger partial charge in [0.2, 0.25) is 0 Å². The van der Waals surface area contributed by atoms with Crippen LogP contribution in [0.2, 0.25) is 0 Å². The van der Waals surface area contributed by atoms with Crippen molar-refractivity contribution in [3.05, 3.63) is 78.4 Å². The Morgan fingerprint density at radius 3 is 2.41 bits per heavy atom. The van der Waals surface area contributed by atoms with E-state index in [1.165, 1.54) is 16.4 Å². The molecule has 3 aromatic carbocycles. The van der Waals surface area contributed by atoms with Crippen LogP contribution in [0.15, 0.2) is 72.8 Å². The standard InChI is InChI=1S/C23H23N3O/c1-3-26-21-12-8-7-11-19(21)20-15-18(13-14-22(20)26)25-23(27)24-16(2)17-9-5-4-6-10-17/h4-16H,3H2,1-2H3,(H2,24,25,27). The van der Waals surface area contributed by atoms with Gasteiger partial charge in [-0.2, -0.15) is 0 Å². The Morgan fingerprint density at radius 2 is 1.63 bits per heavy atom. The summed E-state index contributed by atoms with van der Waals surface area (Å²) in [5, 5.41) is 8.32. The number of fused-ring (bicyclic) bond motifs is 3. The second-order valence-electron chi connectivity index (χ2n) is 6.72. The lowest BCUT2D eigenvalue weighted by molar-refractivity contribution is 0.249. The highest BCUT2D eigenvalue weighted by molar-refractivity contribution is 6.09. The van der Waals surface area contributed by atoms with E-state index in [0.29, 0.717) is 0 Å². The van der Waals surface area contributed by atoms with Crippen LogP contribution >= 0.6 is 0 Å². The number of hydrogen-bond acceptors (Lipinski definition) is 1. The molecule has 1 heterocycles. The number of anilines is 1. The molecule has 0 saturated carbocycles. The van der Waals surface area contributed by atoms with Crippen LogP contribution in [0.1, 0.15) is 25.5 Å². The smallest absolute Gasteiger partial charge is 0.319 e. The van der Waals surface area contributed by atoms with E-state index in [9.17, 15) is 4.79 Å². The topological polar surface area (TPSA) is 46.1 Å². The molecule has 27 heavy (non-hydrogen) atoms. The molecule has 0 fully saturated rings. The summed E-state index contributed by atoms with van der Waals surface area (Å²) in [5.74, 6) is 0. The van der Waals surface area contributed by atoms with Crippen LogP contribution in [-0.4, -0.2) is 10.6 Å². The fourth-order valence-corrected chi connectivity index (χ4v) is 3.66. The van der Waals surface area contributed by atoms with Crippen LogP contribution in [0.3, 0.4) is 0 Å². The Bertz CT molecular complexity index is 1100. The summed E-state index contributed by atoms with van der Waals surface area (Å²) >= 11 is 0. The van der Waals surface area contributed by atoms with Crippen molar-refractivity contribution < 1.29 is 4.79 Å². The van der Waals surface area contributed by atoms with Gasteiger partial charge in [-0.05, 0) is 43.7 Å². The van der Waals surface area contributed by atoms with Crippen molar-refractivity contribution in [1.82, 2.24) is 9.88 Å². The molecule has 1 atom stereocenters. The Balaban J connectivity index is 1.59. The van der Waals surface area contributed by atoms with Crippen molar-refractivity contribution in [1.29, 1.82) is 0 Å². The molecule has 4 heteroatoms. The minimum atomic E-state index is -0.204. The van der Waals surface area contributed by atoms with Crippen LogP contribution in [-0.2, 0) is 6.54 Å². The summed E-state index contributed by atoms with van der Waals surface area (Å²) < 4.78 is 2.30. The quantitative estimate of drug-likeness (QED) is 0.484. The zero-order chi connectivity index (χ0) is 18.8. The van der Waals surface area contributed by atoms with E-state index in [0.717, 1.165) is 23.2 Å². The van der Waals surface area contributed by atoms with E-state index in [1.54, 1.807) is 0 Å². The lowest BCUT2D eigenvalue weighted by Gasteiger charge is -2.15. The second kappa shape index (κ2) is 7.16. The Kier molecular flexibility index (Phi) is 4.55. The Hall–Kier alpha value is -3.27. The van der Waals surface area contributed by atoms with Gasteiger partial charge in [0.05, 0.1) is 6.04 Å². The fourth-order valence-electron chi connectivity index (χ4n) is 3.66. The Morgan fingerprint density at radius 1 is 0.926 bits per heavy atom. The first-order valence-corrected chi connectivity index (χ1v) is 9.31. The SMILES string of the molecule is CCn1c2ccccc2c2cc(NC(=O)NC(C)c3ccccc3)ccc21. The zero-order valence-electron chi connectivity index (χ0n) is 15.6. The van der Waals surface area contributed by atoms with E-state index in [-0.39, 0.29) is 12.1 Å². The highest BCUT2D eigenvalue weighted by Crippen LogP contribution is 2.31. The van der Waals surface area contributed by atoms with Crippen LogP contribution in [0.5, 0.6) is 0 Å². The largest absolute Gasteiger partial charge is 0.341 e. The molecule has 0 aliphatic carbocycles. The van der Waals surface area contributed by atoms with Crippen LogP contribution in [0, 0.1) is 0 Å². The molecular formula is C23H23N3O. The monoisotopic (exact) mass is 357 g/mol. The van der Waals surface area contributed by atoms with Gasteiger partial charge in [0.15, 0.2) is 0 Å². The van der Waals surface area contributed by atoms with Gasteiger partial charge >= 0.3 is 6.03 Å². The van der Waals surface area contributed by atoms with Crippen LogP contribution < -0.4 is 10.6 Å². The van der Waals surface area contributed by atoms with E-state index < -0.39 is 0 Å². The van der Waals surface area contributed by atoms with Crippen molar-refractivity contribution >= 4 is 33.5 Å². The van der Waals surface area contributed by atoms with E-state index in [1.807, 2.05) is 43.3 Å². The van der Waals surface area contributed by atoms with Gasteiger partial charge in [-0.25, -0.2) is 4.79 Å². The predicted molar refractivity (Wildman–Crippen MR) is 112 cm³/mol. The van der Waals surface area contributed by atoms with Crippen molar-refractivity contribution in [2.45, 2.75) is 26.4 Å². The molecule has 4 nitrogen and oxygen atoms in total. The third kappa shape index (κ3) is 3.26. The van der Waals surface area contributed by atoms with Gasteiger partial charge in [-0.3, -0.25) is 0 Å². The number of nitrogens with zero attached hydrogens (tertiary/aromatic N) is 1. The molecule has 0 aliphatic heterocycles. The van der Waals surface area contributed by atoms with Crippen molar-refractivity contribution in [2.24, 2.45) is 0 Å². The van der Waals surface area contributed by atoms with Gasteiger partial charge in [-0.1, -0.05) is 48.5 Å². The van der Waals surface area contributed by atoms with E-state index in [2.05, 4.69) is 58.5 Å². The molecule has 136 valence electrons. The van der Waals surface area contributed by atoms with E-state index in [4.69, 9.17) is 0 Å². The maximum Gasteiger partial charge on any atom is 0.319 e. The third-order valence-corrected chi connectivity index (χ3v) is 4.99. The first-order chi connectivity index (χ1) is 13.2. The lowest BCUT2D eigenvalue weighted by atomic mass is 10.1. The number of carbonyl (C=O) groups is 1. The van der Waals surface area contributed by atoms with E-state index >= 15 is 0 Å². The first-order valence-electron chi connectivity index (χ1n) is 9.31. The van der Waals surface area contributed by atoms with Gasteiger partial charge < -0.3 is 15.2 Å². The number of carbonyl (C=O) groups excluding carboxylic acids is 1. The summed E-state index contributed by atoms with van der Waals surface area (Å²) in [6, 6.07) is 24.1. The molecule has 0 bridgehead atoms. The van der Waals surface area contributed by atoms with Crippen molar-refractivity contribution in [2.75, 3.05) is 5.32 Å². The Labute approximate surface area is 158 Å². The number of hydrogen-bond donors (Lipinski definition) is 2. The molecule has 2 amide bonds. The highest BCUT2D eigenvalue weighted by atomic mass is 16.2. The summed E-state index contributed by atoms with van der Waals surface area (Å²) in [6.45, 7) is 5.04. The van der Waals surface area contributed by atoms with Crippen LogP contribution in [0.4, 0.5) is 10.5 Å². The maximum atomic E-state index is 12.4. The second-order valence-corrected chi connectivity index (χ2v) is 6.72. The molecular weight excluding hydrogens is 334 g/mol. The van der Waals surface area contributed by atoms with Gasteiger partial charge in [-0.15, -0.1) is 0 Å². The molecule has 0 spiro atoms. The molecule has 0 aliphatic rings. The predicted octanol–water partition coefficient (Wildman–Crippen LogP) is 5.70. The molecule has 2 N–H and O–H groups in total. The van der Waals surface area contributed by atoms with Crippen LogP contribution in [0.25, 0.3) is 21.8 Å². The fraction of sp³-hybridized carbons (Fsp3) is 0.174.